The van der Waals surface area contributed by atoms with Gasteiger partial charge in [0.05, 0.1) is 0 Å². The van der Waals surface area contributed by atoms with Gasteiger partial charge in [-0.05, 0) is 25.1 Å². The number of ether oxygens (including phenoxy) is 1. The summed E-state index contributed by atoms with van der Waals surface area (Å²) < 4.78 is 5.60. The van der Waals surface area contributed by atoms with Gasteiger partial charge in [-0.15, -0.1) is 0 Å². The van der Waals surface area contributed by atoms with Crippen molar-refractivity contribution in [2.24, 2.45) is 0 Å². The molecule has 3 N–H and O–H groups in total. The molecule has 6 nitrogen and oxygen atoms in total. The highest BCUT2D eigenvalue weighted by Crippen LogP contribution is 2.24. The zero-order valence-corrected chi connectivity index (χ0v) is 12.2. The fourth-order valence-corrected chi connectivity index (χ4v) is 2.34. The lowest BCUT2D eigenvalue weighted by Gasteiger charge is -2.10. The van der Waals surface area contributed by atoms with E-state index in [4.69, 9.17) is 4.74 Å². The first-order chi connectivity index (χ1) is 10.6. The Balaban J connectivity index is 1.82. The van der Waals surface area contributed by atoms with Gasteiger partial charge in [0, 0.05) is 42.3 Å². The highest BCUT2D eigenvalue weighted by molar-refractivity contribution is 6.04. The lowest BCUT2D eigenvalue weighted by molar-refractivity contribution is 0.102. The van der Waals surface area contributed by atoms with Crippen LogP contribution in [0.25, 0.3) is 0 Å². The van der Waals surface area contributed by atoms with Gasteiger partial charge in [0.1, 0.15) is 17.9 Å². The molecule has 2 aromatic rings. The first-order valence-corrected chi connectivity index (χ1v) is 7.10. The Kier molecular flexibility index (Phi) is 3.93. The van der Waals surface area contributed by atoms with Crippen LogP contribution < -0.4 is 20.8 Å². The molecule has 3 rings (SSSR count). The molecular formula is C16H17N3O3. The van der Waals surface area contributed by atoms with Crippen LogP contribution >= 0.6 is 0 Å². The minimum absolute atomic E-state index is 0.0925. The van der Waals surface area contributed by atoms with Gasteiger partial charge < -0.3 is 20.4 Å². The number of carbonyl (C=O) groups excluding carboxylic acids is 1. The molecular weight excluding hydrogens is 282 g/mol. The number of fused-ring (bicyclic) bond motifs is 1. The zero-order chi connectivity index (χ0) is 15.5. The van der Waals surface area contributed by atoms with Crippen molar-refractivity contribution in [1.29, 1.82) is 0 Å². The molecule has 1 amide bonds. The third-order valence-electron chi connectivity index (χ3n) is 3.47. The number of anilines is 1. The van der Waals surface area contributed by atoms with Gasteiger partial charge in [-0.3, -0.25) is 9.59 Å². The third kappa shape index (κ3) is 3.01. The SMILES string of the molecule is Cc1cc(=O)c(C(=O)Nc2ccc3c(c2)CNCCO3)c[nH]1. The van der Waals surface area contributed by atoms with Crippen molar-refractivity contribution in [2.75, 3.05) is 18.5 Å². The minimum atomic E-state index is -0.427. The van der Waals surface area contributed by atoms with E-state index in [9.17, 15) is 9.59 Å². The number of aromatic nitrogens is 1. The quantitative estimate of drug-likeness (QED) is 0.783. The predicted octanol–water partition coefficient (Wildman–Crippen LogP) is 1.42. The molecule has 0 radical (unpaired) electrons. The number of amides is 1. The average Bonchev–Trinajstić information content (AvgIpc) is 2.71. The number of aromatic amines is 1. The Morgan fingerprint density at radius 1 is 1.32 bits per heavy atom. The van der Waals surface area contributed by atoms with Crippen molar-refractivity contribution in [3.63, 3.8) is 0 Å². The largest absolute Gasteiger partial charge is 0.492 e. The van der Waals surface area contributed by atoms with E-state index < -0.39 is 5.91 Å². The lowest BCUT2D eigenvalue weighted by Crippen LogP contribution is -2.21. The van der Waals surface area contributed by atoms with Crippen LogP contribution in [-0.2, 0) is 6.54 Å². The fraction of sp³-hybridized carbons (Fsp3) is 0.250. The van der Waals surface area contributed by atoms with Gasteiger partial charge in [-0.2, -0.15) is 0 Å². The summed E-state index contributed by atoms with van der Waals surface area (Å²) in [6, 6.07) is 6.86. The lowest BCUT2D eigenvalue weighted by atomic mass is 10.1. The van der Waals surface area contributed by atoms with E-state index in [2.05, 4.69) is 15.6 Å². The van der Waals surface area contributed by atoms with E-state index >= 15 is 0 Å². The molecule has 114 valence electrons. The Bertz CT molecular complexity index is 767. The fourth-order valence-electron chi connectivity index (χ4n) is 2.34. The molecule has 0 atom stereocenters. The van der Waals surface area contributed by atoms with Crippen molar-refractivity contribution in [2.45, 2.75) is 13.5 Å². The molecule has 1 aromatic carbocycles. The molecule has 0 saturated heterocycles. The standard InChI is InChI=1S/C16H17N3O3/c1-10-6-14(20)13(9-18-10)16(21)19-12-2-3-15-11(7-12)8-17-4-5-22-15/h2-3,6-7,9,17H,4-5,8H2,1H3,(H,18,20)(H,19,21). The molecule has 0 saturated carbocycles. The second-order valence-electron chi connectivity index (χ2n) is 5.20. The van der Waals surface area contributed by atoms with Gasteiger partial charge in [0.15, 0.2) is 5.43 Å². The van der Waals surface area contributed by atoms with Crippen LogP contribution in [0.5, 0.6) is 5.75 Å². The van der Waals surface area contributed by atoms with Crippen molar-refractivity contribution in [3.05, 3.63) is 57.5 Å². The molecule has 22 heavy (non-hydrogen) atoms. The number of hydrogen-bond donors (Lipinski definition) is 3. The monoisotopic (exact) mass is 299 g/mol. The van der Waals surface area contributed by atoms with Crippen molar-refractivity contribution in [3.8, 4) is 5.75 Å². The Hall–Kier alpha value is -2.60. The molecule has 0 fully saturated rings. The molecule has 0 spiro atoms. The molecule has 0 aliphatic carbocycles. The van der Waals surface area contributed by atoms with Crippen LogP contribution in [0, 0.1) is 6.92 Å². The number of nitrogens with one attached hydrogen (secondary N) is 3. The maximum atomic E-state index is 12.2. The van der Waals surface area contributed by atoms with Gasteiger partial charge >= 0.3 is 0 Å². The summed E-state index contributed by atoms with van der Waals surface area (Å²) in [6.45, 7) is 3.86. The van der Waals surface area contributed by atoms with E-state index in [1.807, 2.05) is 12.1 Å². The number of aryl methyl sites for hydroxylation is 1. The number of carbonyl (C=O) groups is 1. The predicted molar refractivity (Wildman–Crippen MR) is 83.4 cm³/mol. The molecule has 0 bridgehead atoms. The number of pyridine rings is 1. The topological polar surface area (TPSA) is 83.2 Å². The van der Waals surface area contributed by atoms with Gasteiger partial charge in [0.2, 0.25) is 0 Å². The van der Waals surface area contributed by atoms with E-state index in [-0.39, 0.29) is 11.0 Å². The second-order valence-corrected chi connectivity index (χ2v) is 5.20. The number of rotatable bonds is 2. The zero-order valence-electron chi connectivity index (χ0n) is 12.2. The van der Waals surface area contributed by atoms with Crippen molar-refractivity contribution >= 4 is 11.6 Å². The van der Waals surface area contributed by atoms with Gasteiger partial charge in [0.25, 0.3) is 5.91 Å². The number of hydrogen-bond acceptors (Lipinski definition) is 4. The van der Waals surface area contributed by atoms with E-state index in [0.717, 1.165) is 23.6 Å². The van der Waals surface area contributed by atoms with Crippen molar-refractivity contribution < 1.29 is 9.53 Å². The first kappa shape index (κ1) is 14.3. The Morgan fingerprint density at radius 3 is 3.00 bits per heavy atom. The molecule has 1 aromatic heterocycles. The average molecular weight is 299 g/mol. The number of H-pyrrole nitrogens is 1. The highest BCUT2D eigenvalue weighted by atomic mass is 16.5. The van der Waals surface area contributed by atoms with E-state index in [0.29, 0.717) is 18.8 Å². The van der Waals surface area contributed by atoms with Crippen LogP contribution in [0.15, 0.2) is 35.3 Å². The summed E-state index contributed by atoms with van der Waals surface area (Å²) >= 11 is 0. The van der Waals surface area contributed by atoms with Crippen LogP contribution in [0.4, 0.5) is 5.69 Å². The molecule has 1 aliphatic rings. The summed E-state index contributed by atoms with van der Waals surface area (Å²) in [6.07, 6.45) is 1.43. The number of benzene rings is 1. The van der Waals surface area contributed by atoms with E-state index in [1.54, 1.807) is 13.0 Å². The van der Waals surface area contributed by atoms with Crippen LogP contribution in [0.2, 0.25) is 0 Å². The summed E-state index contributed by atoms with van der Waals surface area (Å²) in [5.41, 5.74) is 2.13. The summed E-state index contributed by atoms with van der Waals surface area (Å²) in [7, 11) is 0. The van der Waals surface area contributed by atoms with Crippen LogP contribution in [0.3, 0.4) is 0 Å². The van der Waals surface area contributed by atoms with Crippen molar-refractivity contribution in [1.82, 2.24) is 10.3 Å². The summed E-state index contributed by atoms with van der Waals surface area (Å²) in [5.74, 6) is 0.389. The maximum Gasteiger partial charge on any atom is 0.261 e. The first-order valence-electron chi connectivity index (χ1n) is 7.10. The Morgan fingerprint density at radius 2 is 2.18 bits per heavy atom. The van der Waals surface area contributed by atoms with E-state index in [1.165, 1.54) is 12.3 Å². The highest BCUT2D eigenvalue weighted by Gasteiger charge is 2.13. The minimum Gasteiger partial charge on any atom is -0.492 e. The molecule has 2 heterocycles. The summed E-state index contributed by atoms with van der Waals surface area (Å²) in [5, 5.41) is 5.99. The van der Waals surface area contributed by atoms with Crippen LogP contribution in [0.1, 0.15) is 21.6 Å². The Labute approximate surface area is 127 Å². The second kappa shape index (κ2) is 6.03. The molecule has 1 aliphatic heterocycles. The molecule has 6 heteroatoms. The summed E-state index contributed by atoms with van der Waals surface area (Å²) in [4.78, 5) is 26.9. The maximum absolute atomic E-state index is 12.2. The smallest absolute Gasteiger partial charge is 0.261 e. The van der Waals surface area contributed by atoms with Crippen LogP contribution in [-0.4, -0.2) is 24.0 Å². The normalized spacial score (nSPS) is 13.7. The molecule has 0 unspecified atom stereocenters. The third-order valence-corrected chi connectivity index (χ3v) is 3.47. The van der Waals surface area contributed by atoms with Gasteiger partial charge in [-0.25, -0.2) is 0 Å². The van der Waals surface area contributed by atoms with Gasteiger partial charge in [-0.1, -0.05) is 0 Å².